The van der Waals surface area contributed by atoms with Gasteiger partial charge in [0.15, 0.2) is 0 Å². The highest BCUT2D eigenvalue weighted by atomic mass is 35.5. The number of amides is 3. The quantitative estimate of drug-likeness (QED) is 0.440. The van der Waals surface area contributed by atoms with Crippen molar-refractivity contribution in [2.24, 2.45) is 0 Å². The molecule has 0 aliphatic rings. The zero-order valence-corrected chi connectivity index (χ0v) is 19.0. The number of nitriles is 1. The summed E-state index contributed by atoms with van der Waals surface area (Å²) in [6, 6.07) is 12.6. The molecule has 3 amide bonds. The molecule has 0 spiro atoms. The largest absolute Gasteiger partial charge is 0.326 e. The predicted octanol–water partition coefficient (Wildman–Crippen LogP) is 6.51. The summed E-state index contributed by atoms with van der Waals surface area (Å²) in [7, 11) is 0. The summed E-state index contributed by atoms with van der Waals surface area (Å²) in [6.45, 7) is 3.36. The molecule has 0 aliphatic carbocycles. The number of benzene rings is 3. The Morgan fingerprint density at radius 3 is 2.21 bits per heavy atom. The van der Waals surface area contributed by atoms with Crippen molar-refractivity contribution in [2.45, 2.75) is 19.8 Å². The Balaban J connectivity index is 1.87. The van der Waals surface area contributed by atoms with Crippen molar-refractivity contribution >= 4 is 40.8 Å². The van der Waals surface area contributed by atoms with E-state index in [-0.39, 0.29) is 10.7 Å². The fourth-order valence-corrected chi connectivity index (χ4v) is 3.86. The van der Waals surface area contributed by atoms with Crippen LogP contribution in [0.1, 0.15) is 38.5 Å². The minimum Gasteiger partial charge on any atom is -0.307 e. The van der Waals surface area contributed by atoms with E-state index >= 15 is 0 Å². The van der Waals surface area contributed by atoms with Gasteiger partial charge >= 0.3 is 6.03 Å². The molecule has 1 atom stereocenters. The van der Waals surface area contributed by atoms with Crippen LogP contribution in [0.2, 0.25) is 10.0 Å². The molecule has 3 aromatic carbocycles. The number of imide groups is 1. The lowest BCUT2D eigenvalue weighted by Gasteiger charge is -2.19. The second-order valence-corrected chi connectivity index (χ2v) is 8.03. The molecule has 0 aliphatic heterocycles. The summed E-state index contributed by atoms with van der Waals surface area (Å²) in [5, 5.41) is 14.9. The minimum atomic E-state index is -1.23. The molecule has 5 nitrogen and oxygen atoms in total. The molecular formula is C24H17Cl2F2N3O2. The van der Waals surface area contributed by atoms with Crippen molar-refractivity contribution in [3.63, 3.8) is 0 Å². The Morgan fingerprint density at radius 2 is 1.64 bits per heavy atom. The highest BCUT2D eigenvalue weighted by Gasteiger charge is 2.24. The van der Waals surface area contributed by atoms with E-state index in [2.05, 4.69) is 11.4 Å². The number of anilines is 1. The Morgan fingerprint density at radius 1 is 1.03 bits per heavy atom. The third kappa shape index (κ3) is 5.14. The van der Waals surface area contributed by atoms with Gasteiger partial charge in [-0.05, 0) is 66.4 Å². The van der Waals surface area contributed by atoms with Gasteiger partial charge in [0.25, 0.3) is 5.91 Å². The molecule has 0 saturated heterocycles. The molecule has 2 N–H and O–H groups in total. The maximum absolute atomic E-state index is 13.8. The summed E-state index contributed by atoms with van der Waals surface area (Å²) in [6.07, 6.45) is 0. The second kappa shape index (κ2) is 9.99. The predicted molar refractivity (Wildman–Crippen MR) is 123 cm³/mol. The number of halogens is 4. The molecule has 9 heteroatoms. The van der Waals surface area contributed by atoms with Gasteiger partial charge in [0.1, 0.15) is 17.2 Å². The number of aryl methyl sites for hydroxylation is 1. The Hall–Kier alpha value is -3.47. The first-order chi connectivity index (χ1) is 15.6. The first kappa shape index (κ1) is 24.2. The van der Waals surface area contributed by atoms with Gasteiger partial charge in [-0.15, -0.1) is 0 Å². The van der Waals surface area contributed by atoms with Crippen LogP contribution >= 0.6 is 23.2 Å². The molecule has 3 aromatic rings. The van der Waals surface area contributed by atoms with Gasteiger partial charge < -0.3 is 5.32 Å². The molecule has 0 bridgehead atoms. The molecule has 168 valence electrons. The van der Waals surface area contributed by atoms with Crippen LogP contribution in [0.5, 0.6) is 0 Å². The van der Waals surface area contributed by atoms with Crippen molar-refractivity contribution in [3.8, 4) is 6.07 Å². The number of nitrogens with one attached hydrogen (secondary N) is 2. The Bertz CT molecular complexity index is 1270. The SMILES string of the molecule is Cc1cc(NC(=O)NC(=O)c2c(F)cccc2F)c(C)c(Cl)c1C(C#N)c1ccc(Cl)cc1. The van der Waals surface area contributed by atoms with Crippen LogP contribution in [0.3, 0.4) is 0 Å². The van der Waals surface area contributed by atoms with E-state index in [1.165, 1.54) is 0 Å². The van der Waals surface area contributed by atoms with Crippen molar-refractivity contribution < 1.29 is 18.4 Å². The molecule has 0 heterocycles. The molecular weight excluding hydrogens is 471 g/mol. The molecule has 0 saturated carbocycles. The summed E-state index contributed by atoms with van der Waals surface area (Å²) in [5.74, 6) is -4.09. The monoisotopic (exact) mass is 487 g/mol. The summed E-state index contributed by atoms with van der Waals surface area (Å²) < 4.78 is 27.6. The highest BCUT2D eigenvalue weighted by Crippen LogP contribution is 2.38. The normalized spacial score (nSPS) is 11.4. The van der Waals surface area contributed by atoms with E-state index in [1.54, 1.807) is 44.2 Å². The number of rotatable bonds is 4. The van der Waals surface area contributed by atoms with Crippen LogP contribution < -0.4 is 10.6 Å². The lowest BCUT2D eigenvalue weighted by Crippen LogP contribution is -2.35. The average molecular weight is 488 g/mol. The number of nitrogens with zero attached hydrogens (tertiary/aromatic N) is 1. The van der Waals surface area contributed by atoms with Crippen LogP contribution in [-0.2, 0) is 0 Å². The van der Waals surface area contributed by atoms with E-state index in [4.69, 9.17) is 23.2 Å². The Labute approximate surface area is 198 Å². The van der Waals surface area contributed by atoms with Gasteiger partial charge in [0.05, 0.1) is 17.0 Å². The zero-order valence-electron chi connectivity index (χ0n) is 17.5. The lowest BCUT2D eigenvalue weighted by atomic mass is 9.88. The van der Waals surface area contributed by atoms with Crippen LogP contribution in [0, 0.1) is 36.8 Å². The fourth-order valence-electron chi connectivity index (χ4n) is 3.37. The maximum atomic E-state index is 13.8. The zero-order chi connectivity index (χ0) is 24.3. The summed E-state index contributed by atoms with van der Waals surface area (Å²) in [5.41, 5.74) is 1.74. The fraction of sp³-hybridized carbons (Fsp3) is 0.125. The third-order valence-corrected chi connectivity index (χ3v) is 5.78. The van der Waals surface area contributed by atoms with Crippen LogP contribution in [0.4, 0.5) is 19.3 Å². The Kier molecular flexibility index (Phi) is 7.32. The van der Waals surface area contributed by atoms with Gasteiger partial charge in [0, 0.05) is 10.7 Å². The topological polar surface area (TPSA) is 82.0 Å². The van der Waals surface area contributed by atoms with Crippen molar-refractivity contribution in [1.82, 2.24) is 5.32 Å². The van der Waals surface area contributed by atoms with Gasteiger partial charge in [-0.1, -0.05) is 41.4 Å². The minimum absolute atomic E-state index is 0.262. The van der Waals surface area contributed by atoms with Crippen LogP contribution in [0.15, 0.2) is 48.5 Å². The molecule has 3 rings (SSSR count). The van der Waals surface area contributed by atoms with Gasteiger partial charge in [0.2, 0.25) is 0 Å². The van der Waals surface area contributed by atoms with Crippen LogP contribution in [0.25, 0.3) is 0 Å². The first-order valence-corrected chi connectivity index (χ1v) is 10.4. The number of carbonyl (C=O) groups is 2. The first-order valence-electron chi connectivity index (χ1n) is 9.65. The highest BCUT2D eigenvalue weighted by molar-refractivity contribution is 6.33. The third-order valence-electron chi connectivity index (χ3n) is 5.04. The van der Waals surface area contributed by atoms with E-state index in [0.717, 1.165) is 18.2 Å². The van der Waals surface area contributed by atoms with Crippen molar-refractivity contribution in [2.75, 3.05) is 5.32 Å². The lowest BCUT2D eigenvalue weighted by molar-refractivity contribution is 0.0959. The van der Waals surface area contributed by atoms with E-state index in [9.17, 15) is 23.6 Å². The van der Waals surface area contributed by atoms with Crippen molar-refractivity contribution in [1.29, 1.82) is 5.26 Å². The molecule has 0 aromatic heterocycles. The molecule has 0 radical (unpaired) electrons. The number of urea groups is 1. The second-order valence-electron chi connectivity index (χ2n) is 7.21. The maximum Gasteiger partial charge on any atom is 0.326 e. The van der Waals surface area contributed by atoms with Gasteiger partial charge in [-0.3, -0.25) is 10.1 Å². The van der Waals surface area contributed by atoms with Gasteiger partial charge in [-0.25, -0.2) is 13.6 Å². The van der Waals surface area contributed by atoms with Gasteiger partial charge in [-0.2, -0.15) is 5.26 Å². The van der Waals surface area contributed by atoms with E-state index < -0.39 is 35.1 Å². The smallest absolute Gasteiger partial charge is 0.307 e. The van der Waals surface area contributed by atoms with E-state index in [1.807, 2.05) is 5.32 Å². The standard InChI is InChI=1S/C24H17Cl2F2N3O2/c1-12-10-19(30-24(33)31-23(32)21-17(27)4-3-5-18(21)28)13(2)22(26)20(12)16(11-29)14-6-8-15(25)9-7-14/h3-10,16H,1-2H3,(H2,30,31,32,33). The molecule has 33 heavy (non-hydrogen) atoms. The number of hydrogen-bond acceptors (Lipinski definition) is 3. The molecule has 0 fully saturated rings. The van der Waals surface area contributed by atoms with E-state index in [0.29, 0.717) is 27.3 Å². The molecule has 1 unspecified atom stereocenters. The summed E-state index contributed by atoms with van der Waals surface area (Å²) >= 11 is 12.5. The number of carbonyl (C=O) groups excluding carboxylic acids is 2. The average Bonchev–Trinajstić information content (AvgIpc) is 2.75. The number of hydrogen-bond donors (Lipinski definition) is 2. The summed E-state index contributed by atoms with van der Waals surface area (Å²) in [4.78, 5) is 24.5. The van der Waals surface area contributed by atoms with Crippen molar-refractivity contribution in [3.05, 3.63) is 98.0 Å². The van der Waals surface area contributed by atoms with Crippen LogP contribution in [-0.4, -0.2) is 11.9 Å².